The molecule has 3 nitrogen and oxygen atoms in total. The third-order valence-electron chi connectivity index (χ3n) is 3.07. The summed E-state index contributed by atoms with van der Waals surface area (Å²) in [5, 5.41) is 4.44. The number of pyridine rings is 1. The molecule has 100 valence electrons. The Hall–Kier alpha value is -2.69. The lowest BCUT2D eigenvalue weighted by Gasteiger charge is -2.12. The highest BCUT2D eigenvalue weighted by Gasteiger charge is 2.10. The summed E-state index contributed by atoms with van der Waals surface area (Å²) in [6, 6.07) is 9.19. The molecule has 20 heavy (non-hydrogen) atoms. The largest absolute Gasteiger partial charge is 0.398 e. The van der Waals surface area contributed by atoms with Gasteiger partial charge in [-0.05, 0) is 30.3 Å². The lowest BCUT2D eigenvalue weighted by molar-refractivity contribution is 0.512. The maximum Gasteiger partial charge on any atom is 0.182 e. The fraction of sp³-hybridized carbons (Fsp3) is 0. The molecule has 0 unspecified atom stereocenters. The topological polar surface area (TPSA) is 50.9 Å². The van der Waals surface area contributed by atoms with Crippen molar-refractivity contribution in [2.45, 2.75) is 0 Å². The van der Waals surface area contributed by atoms with Crippen LogP contribution in [0.5, 0.6) is 0 Å². The van der Waals surface area contributed by atoms with Gasteiger partial charge >= 0.3 is 0 Å². The molecule has 0 aliphatic rings. The number of nitrogens with zero attached hydrogens (tertiary/aromatic N) is 1. The van der Waals surface area contributed by atoms with E-state index in [-0.39, 0.29) is 5.69 Å². The molecule has 3 aromatic rings. The van der Waals surface area contributed by atoms with Crippen molar-refractivity contribution in [3.05, 3.63) is 60.4 Å². The zero-order valence-electron chi connectivity index (χ0n) is 10.4. The first-order chi connectivity index (χ1) is 9.66. The number of anilines is 3. The monoisotopic (exact) mass is 271 g/mol. The summed E-state index contributed by atoms with van der Waals surface area (Å²) in [5.41, 5.74) is 7.17. The standard InChI is InChI=1S/C15H11F2N3/c16-11-2-1-3-14(15(11)17)20-13-5-4-12(18)10-8-19-7-6-9(10)13/h1-8,20H,18H2. The van der Waals surface area contributed by atoms with Crippen molar-refractivity contribution in [1.29, 1.82) is 0 Å². The van der Waals surface area contributed by atoms with Crippen LogP contribution < -0.4 is 11.1 Å². The molecule has 3 rings (SSSR count). The summed E-state index contributed by atoms with van der Waals surface area (Å²) in [6.45, 7) is 0. The quantitative estimate of drug-likeness (QED) is 0.696. The average Bonchev–Trinajstić information content (AvgIpc) is 2.47. The van der Waals surface area contributed by atoms with Gasteiger partial charge in [0.05, 0.1) is 5.69 Å². The molecule has 2 aromatic carbocycles. The molecule has 0 aliphatic heterocycles. The number of halogens is 2. The van der Waals surface area contributed by atoms with Crippen LogP contribution in [0.3, 0.4) is 0 Å². The number of rotatable bonds is 2. The van der Waals surface area contributed by atoms with Gasteiger partial charge in [0.1, 0.15) is 0 Å². The first-order valence-corrected chi connectivity index (χ1v) is 6.00. The van der Waals surface area contributed by atoms with Crippen molar-refractivity contribution in [2.24, 2.45) is 0 Å². The molecular weight excluding hydrogens is 260 g/mol. The van der Waals surface area contributed by atoms with Gasteiger partial charge in [-0.25, -0.2) is 8.78 Å². The van der Waals surface area contributed by atoms with Crippen LogP contribution in [0.25, 0.3) is 10.8 Å². The molecule has 0 bridgehead atoms. The number of nitrogens with one attached hydrogen (secondary N) is 1. The first-order valence-electron chi connectivity index (χ1n) is 6.00. The van der Waals surface area contributed by atoms with Gasteiger partial charge in [-0.2, -0.15) is 0 Å². The van der Waals surface area contributed by atoms with Crippen LogP contribution in [0.4, 0.5) is 25.8 Å². The SMILES string of the molecule is Nc1ccc(Nc2cccc(F)c2F)c2ccncc12. The zero-order valence-corrected chi connectivity index (χ0v) is 10.4. The predicted octanol–water partition coefficient (Wildman–Crippen LogP) is 3.84. The van der Waals surface area contributed by atoms with Crippen molar-refractivity contribution in [2.75, 3.05) is 11.1 Å². The third kappa shape index (κ3) is 2.03. The van der Waals surface area contributed by atoms with Crippen LogP contribution >= 0.6 is 0 Å². The molecule has 0 atom stereocenters. The molecule has 0 saturated heterocycles. The van der Waals surface area contributed by atoms with E-state index in [1.807, 2.05) is 0 Å². The zero-order chi connectivity index (χ0) is 14.1. The van der Waals surface area contributed by atoms with E-state index in [2.05, 4.69) is 10.3 Å². The average molecular weight is 271 g/mol. The Balaban J connectivity index is 2.12. The van der Waals surface area contributed by atoms with Crippen LogP contribution in [-0.4, -0.2) is 4.98 Å². The number of benzene rings is 2. The van der Waals surface area contributed by atoms with Gasteiger partial charge in [0.25, 0.3) is 0 Å². The smallest absolute Gasteiger partial charge is 0.182 e. The van der Waals surface area contributed by atoms with Crippen molar-refractivity contribution in [3.8, 4) is 0 Å². The Kier molecular flexibility index (Phi) is 2.95. The van der Waals surface area contributed by atoms with Crippen LogP contribution in [0, 0.1) is 11.6 Å². The molecule has 0 radical (unpaired) electrons. The fourth-order valence-corrected chi connectivity index (χ4v) is 2.07. The van der Waals surface area contributed by atoms with Crippen LogP contribution in [0.1, 0.15) is 0 Å². The highest BCUT2D eigenvalue weighted by molar-refractivity contribution is 6.01. The highest BCUT2D eigenvalue weighted by Crippen LogP contribution is 2.30. The molecular formula is C15H11F2N3. The van der Waals surface area contributed by atoms with Crippen molar-refractivity contribution >= 4 is 27.8 Å². The van der Waals surface area contributed by atoms with E-state index in [0.717, 1.165) is 16.8 Å². The minimum Gasteiger partial charge on any atom is -0.398 e. The Morgan fingerprint density at radius 2 is 1.80 bits per heavy atom. The summed E-state index contributed by atoms with van der Waals surface area (Å²) >= 11 is 0. The van der Waals surface area contributed by atoms with E-state index in [9.17, 15) is 8.78 Å². The predicted molar refractivity (Wildman–Crippen MR) is 75.8 cm³/mol. The number of hydrogen-bond acceptors (Lipinski definition) is 3. The van der Waals surface area contributed by atoms with Gasteiger partial charge in [-0.15, -0.1) is 0 Å². The summed E-state index contributed by atoms with van der Waals surface area (Å²) in [7, 11) is 0. The normalized spacial score (nSPS) is 10.7. The van der Waals surface area contributed by atoms with E-state index in [4.69, 9.17) is 5.73 Å². The second kappa shape index (κ2) is 4.77. The van der Waals surface area contributed by atoms with E-state index in [1.165, 1.54) is 12.1 Å². The highest BCUT2D eigenvalue weighted by atomic mass is 19.2. The Morgan fingerprint density at radius 3 is 2.65 bits per heavy atom. The summed E-state index contributed by atoms with van der Waals surface area (Å²) in [5.74, 6) is -1.80. The molecule has 3 N–H and O–H groups in total. The number of fused-ring (bicyclic) bond motifs is 1. The summed E-state index contributed by atoms with van der Waals surface area (Å²) in [4.78, 5) is 4.01. The van der Waals surface area contributed by atoms with E-state index in [1.54, 1.807) is 30.6 Å². The number of hydrogen-bond donors (Lipinski definition) is 2. The van der Waals surface area contributed by atoms with Crippen molar-refractivity contribution < 1.29 is 8.78 Å². The van der Waals surface area contributed by atoms with Crippen molar-refractivity contribution in [3.63, 3.8) is 0 Å². The second-order valence-electron chi connectivity index (χ2n) is 4.35. The Morgan fingerprint density at radius 1 is 0.950 bits per heavy atom. The van der Waals surface area contributed by atoms with E-state index in [0.29, 0.717) is 11.4 Å². The minimum atomic E-state index is -0.911. The van der Waals surface area contributed by atoms with Crippen LogP contribution in [0.15, 0.2) is 48.8 Å². The first kappa shape index (κ1) is 12.3. The molecule has 0 fully saturated rings. The van der Waals surface area contributed by atoms with E-state index >= 15 is 0 Å². The van der Waals surface area contributed by atoms with Crippen LogP contribution in [-0.2, 0) is 0 Å². The number of nitrogens with two attached hydrogens (primary N) is 1. The molecule has 1 aromatic heterocycles. The Labute approximate surface area is 114 Å². The molecule has 0 amide bonds. The Bertz CT molecular complexity index is 787. The second-order valence-corrected chi connectivity index (χ2v) is 4.35. The van der Waals surface area contributed by atoms with Gasteiger partial charge in [0.15, 0.2) is 11.6 Å². The van der Waals surface area contributed by atoms with Crippen molar-refractivity contribution in [1.82, 2.24) is 4.98 Å². The summed E-state index contributed by atoms with van der Waals surface area (Å²) < 4.78 is 26.9. The third-order valence-corrected chi connectivity index (χ3v) is 3.07. The molecule has 5 heteroatoms. The van der Waals surface area contributed by atoms with Gasteiger partial charge in [-0.1, -0.05) is 6.07 Å². The molecule has 0 saturated carbocycles. The van der Waals surface area contributed by atoms with Gasteiger partial charge in [-0.3, -0.25) is 4.98 Å². The summed E-state index contributed by atoms with van der Waals surface area (Å²) in [6.07, 6.45) is 3.26. The maximum atomic E-state index is 13.7. The molecule has 0 spiro atoms. The van der Waals surface area contributed by atoms with Gasteiger partial charge < -0.3 is 11.1 Å². The molecule has 0 aliphatic carbocycles. The van der Waals surface area contributed by atoms with Gasteiger partial charge in [0, 0.05) is 34.5 Å². The minimum absolute atomic E-state index is 0.0767. The van der Waals surface area contributed by atoms with Crippen LogP contribution in [0.2, 0.25) is 0 Å². The fourth-order valence-electron chi connectivity index (χ4n) is 2.07. The van der Waals surface area contributed by atoms with Gasteiger partial charge in [0.2, 0.25) is 0 Å². The molecule has 1 heterocycles. The number of aromatic nitrogens is 1. The maximum absolute atomic E-state index is 13.7. The number of nitrogen functional groups attached to an aromatic ring is 1. The lowest BCUT2D eigenvalue weighted by Crippen LogP contribution is -1.98. The lowest BCUT2D eigenvalue weighted by atomic mass is 10.1. The van der Waals surface area contributed by atoms with E-state index < -0.39 is 11.6 Å².